The minimum absolute atomic E-state index is 0.106. The molecule has 2 amide bonds. The molecule has 5 nitrogen and oxygen atoms in total. The zero-order chi connectivity index (χ0) is 20.8. The molecule has 1 fully saturated rings. The van der Waals surface area contributed by atoms with Crippen molar-refractivity contribution in [1.82, 2.24) is 4.90 Å². The Hall–Kier alpha value is -2.16. The van der Waals surface area contributed by atoms with E-state index in [1.54, 1.807) is 36.3 Å². The minimum Gasteiger partial charge on any atom is -0.497 e. The Balaban J connectivity index is 1.51. The summed E-state index contributed by atoms with van der Waals surface area (Å²) in [5.74, 6) is 0.512. The van der Waals surface area contributed by atoms with Crippen molar-refractivity contribution in [3.05, 3.63) is 63.5 Å². The number of ether oxygens (including phenoxy) is 1. The van der Waals surface area contributed by atoms with Crippen LogP contribution in [0.25, 0.3) is 6.08 Å². The Bertz CT molecular complexity index is 943. The summed E-state index contributed by atoms with van der Waals surface area (Å²) in [6, 6.07) is 14.8. The number of carbonyl (C=O) groups is 2. The third kappa shape index (κ3) is 5.91. The van der Waals surface area contributed by atoms with Crippen LogP contribution in [-0.4, -0.2) is 34.7 Å². The van der Waals surface area contributed by atoms with Crippen LogP contribution in [0, 0.1) is 0 Å². The van der Waals surface area contributed by atoms with E-state index in [-0.39, 0.29) is 11.8 Å². The molecule has 150 valence electrons. The van der Waals surface area contributed by atoms with E-state index in [2.05, 4.69) is 21.2 Å². The number of amides is 2. The molecule has 29 heavy (non-hydrogen) atoms. The lowest BCUT2D eigenvalue weighted by Gasteiger charge is -2.14. The monoisotopic (exact) mass is 490 g/mol. The number of hydrogen-bond donors (Lipinski definition) is 1. The Morgan fingerprint density at radius 2 is 1.90 bits per heavy atom. The zero-order valence-corrected chi connectivity index (χ0v) is 18.9. The Morgan fingerprint density at radius 3 is 2.55 bits per heavy atom. The molecule has 1 saturated heterocycles. The highest BCUT2D eigenvalue weighted by atomic mass is 79.9. The van der Waals surface area contributed by atoms with Gasteiger partial charge in [-0.3, -0.25) is 14.5 Å². The quantitative estimate of drug-likeness (QED) is 0.433. The van der Waals surface area contributed by atoms with Gasteiger partial charge in [0, 0.05) is 23.1 Å². The van der Waals surface area contributed by atoms with E-state index in [4.69, 9.17) is 17.0 Å². The lowest BCUT2D eigenvalue weighted by Crippen LogP contribution is -2.29. The van der Waals surface area contributed by atoms with E-state index in [0.717, 1.165) is 15.8 Å². The molecule has 0 aromatic heterocycles. The second kappa shape index (κ2) is 10.0. The zero-order valence-electron chi connectivity index (χ0n) is 15.7. The molecule has 1 aliphatic heterocycles. The lowest BCUT2D eigenvalue weighted by molar-refractivity contribution is -0.122. The van der Waals surface area contributed by atoms with E-state index in [0.29, 0.717) is 34.3 Å². The maximum Gasteiger partial charge on any atom is 0.266 e. The van der Waals surface area contributed by atoms with Gasteiger partial charge < -0.3 is 10.1 Å². The van der Waals surface area contributed by atoms with Crippen LogP contribution in [-0.2, 0) is 9.59 Å². The first kappa shape index (κ1) is 21.5. The van der Waals surface area contributed by atoms with Gasteiger partial charge in [0.25, 0.3) is 5.91 Å². The van der Waals surface area contributed by atoms with Crippen molar-refractivity contribution in [2.45, 2.75) is 12.8 Å². The first-order valence-electron chi connectivity index (χ1n) is 8.91. The molecule has 0 spiro atoms. The molecule has 8 heteroatoms. The Kier molecular flexibility index (Phi) is 7.46. The van der Waals surface area contributed by atoms with Crippen LogP contribution < -0.4 is 10.1 Å². The van der Waals surface area contributed by atoms with E-state index in [9.17, 15) is 9.59 Å². The number of nitrogens with one attached hydrogen (secondary N) is 1. The van der Waals surface area contributed by atoms with Crippen molar-refractivity contribution >= 4 is 67.8 Å². The van der Waals surface area contributed by atoms with Gasteiger partial charge >= 0.3 is 0 Å². The van der Waals surface area contributed by atoms with Crippen molar-refractivity contribution in [3.8, 4) is 5.75 Å². The molecule has 1 aliphatic rings. The maximum absolute atomic E-state index is 12.6. The second-order valence-corrected chi connectivity index (χ2v) is 8.86. The first-order chi connectivity index (χ1) is 14.0. The number of nitrogens with zero attached hydrogens (tertiary/aromatic N) is 1. The SMILES string of the molecule is COc1ccc(NC(=O)CCCN2C(=O)C(=Cc3ccc(Br)cc3)SC2=S)cc1. The summed E-state index contributed by atoms with van der Waals surface area (Å²) < 4.78 is 6.60. The van der Waals surface area contributed by atoms with Crippen molar-refractivity contribution in [1.29, 1.82) is 0 Å². The summed E-state index contributed by atoms with van der Waals surface area (Å²) >= 11 is 10.0. The maximum atomic E-state index is 12.6. The summed E-state index contributed by atoms with van der Waals surface area (Å²) in [5, 5.41) is 2.84. The average Bonchev–Trinajstić information content (AvgIpc) is 2.97. The number of rotatable bonds is 7. The van der Waals surface area contributed by atoms with Crippen LogP contribution in [0.2, 0.25) is 0 Å². The largest absolute Gasteiger partial charge is 0.497 e. The molecule has 0 bridgehead atoms. The number of thioether (sulfide) groups is 1. The Morgan fingerprint density at radius 1 is 1.21 bits per heavy atom. The van der Waals surface area contributed by atoms with Crippen molar-refractivity contribution in [2.75, 3.05) is 19.0 Å². The van der Waals surface area contributed by atoms with Crippen LogP contribution >= 0.6 is 39.9 Å². The van der Waals surface area contributed by atoms with E-state index in [1.807, 2.05) is 30.3 Å². The fraction of sp³-hybridized carbons (Fsp3) is 0.190. The summed E-state index contributed by atoms with van der Waals surface area (Å²) in [7, 11) is 1.59. The van der Waals surface area contributed by atoms with Crippen molar-refractivity contribution in [3.63, 3.8) is 0 Å². The summed E-state index contributed by atoms with van der Waals surface area (Å²) in [4.78, 5) is 26.9. The van der Waals surface area contributed by atoms with E-state index in [1.165, 1.54) is 11.8 Å². The van der Waals surface area contributed by atoms with E-state index < -0.39 is 0 Å². The van der Waals surface area contributed by atoms with Gasteiger partial charge in [-0.1, -0.05) is 52.0 Å². The fourth-order valence-corrected chi connectivity index (χ4v) is 4.27. The van der Waals surface area contributed by atoms with Gasteiger partial charge in [-0.25, -0.2) is 0 Å². The molecule has 0 saturated carbocycles. The predicted octanol–water partition coefficient (Wildman–Crippen LogP) is 5.08. The second-order valence-electron chi connectivity index (χ2n) is 6.27. The molecule has 0 radical (unpaired) electrons. The topological polar surface area (TPSA) is 58.6 Å². The molecule has 3 rings (SSSR count). The number of thiocarbonyl (C=S) groups is 1. The number of anilines is 1. The highest BCUT2D eigenvalue weighted by Gasteiger charge is 2.31. The minimum atomic E-state index is -0.113. The van der Waals surface area contributed by atoms with Gasteiger partial charge in [0.05, 0.1) is 12.0 Å². The van der Waals surface area contributed by atoms with Gasteiger partial charge in [-0.05, 0) is 54.5 Å². The number of benzene rings is 2. The number of carbonyl (C=O) groups excluding carboxylic acids is 2. The highest BCUT2D eigenvalue weighted by Crippen LogP contribution is 2.32. The third-order valence-electron chi connectivity index (χ3n) is 4.20. The Labute approximate surface area is 187 Å². The van der Waals surface area contributed by atoms with E-state index >= 15 is 0 Å². The van der Waals surface area contributed by atoms with Crippen LogP contribution in [0.3, 0.4) is 0 Å². The van der Waals surface area contributed by atoms with Gasteiger partial charge in [-0.15, -0.1) is 0 Å². The van der Waals surface area contributed by atoms with Crippen molar-refractivity contribution < 1.29 is 14.3 Å². The average molecular weight is 491 g/mol. The smallest absolute Gasteiger partial charge is 0.266 e. The normalized spacial score (nSPS) is 15.1. The summed E-state index contributed by atoms with van der Waals surface area (Å²) in [6.07, 6.45) is 2.66. The molecule has 0 aliphatic carbocycles. The molecule has 1 N–H and O–H groups in total. The van der Waals surface area contributed by atoms with Crippen LogP contribution in [0.1, 0.15) is 18.4 Å². The van der Waals surface area contributed by atoms with Crippen LogP contribution in [0.5, 0.6) is 5.75 Å². The highest BCUT2D eigenvalue weighted by molar-refractivity contribution is 9.10. The molecular weight excluding hydrogens is 472 g/mol. The van der Waals surface area contributed by atoms with Gasteiger partial charge in [0.1, 0.15) is 10.1 Å². The van der Waals surface area contributed by atoms with Crippen LogP contribution in [0.4, 0.5) is 5.69 Å². The number of methoxy groups -OCH3 is 1. The number of halogens is 1. The molecular formula is C21H19BrN2O3S2. The predicted molar refractivity (Wildman–Crippen MR) is 125 cm³/mol. The third-order valence-corrected chi connectivity index (χ3v) is 6.11. The van der Waals surface area contributed by atoms with Gasteiger partial charge in [-0.2, -0.15) is 0 Å². The number of hydrogen-bond acceptors (Lipinski definition) is 5. The van der Waals surface area contributed by atoms with Gasteiger partial charge in [0.15, 0.2) is 0 Å². The summed E-state index contributed by atoms with van der Waals surface area (Å²) in [5.41, 5.74) is 1.64. The molecule has 2 aromatic carbocycles. The molecule has 0 atom stereocenters. The molecule has 0 unspecified atom stereocenters. The van der Waals surface area contributed by atoms with Gasteiger partial charge in [0.2, 0.25) is 5.91 Å². The fourth-order valence-electron chi connectivity index (χ4n) is 2.70. The lowest BCUT2D eigenvalue weighted by atomic mass is 10.2. The first-order valence-corrected chi connectivity index (χ1v) is 10.9. The van der Waals surface area contributed by atoms with Crippen LogP contribution in [0.15, 0.2) is 57.9 Å². The molecule has 1 heterocycles. The molecule has 2 aromatic rings. The summed E-state index contributed by atoms with van der Waals surface area (Å²) in [6.45, 7) is 0.415. The van der Waals surface area contributed by atoms with Crippen molar-refractivity contribution in [2.24, 2.45) is 0 Å². The standard InChI is InChI=1S/C21H19BrN2O3S2/c1-27-17-10-8-16(9-11-17)23-19(25)3-2-12-24-20(26)18(29-21(24)28)13-14-4-6-15(22)7-5-14/h4-11,13H,2-3,12H2,1H3,(H,23,25).